The molecule has 4 heteroatoms. The molecule has 1 heterocycles. The fourth-order valence-electron chi connectivity index (χ4n) is 2.26. The van der Waals surface area contributed by atoms with Crippen LogP contribution in [-0.4, -0.2) is 21.5 Å². The first-order chi connectivity index (χ1) is 7.77. The standard InChI is InChI=1S/C12H19N3O/c1-15-9-8-13-11(15)12(16)14-10-6-4-2-3-5-7-10/h8-10H,2-7H2,1H3,(H,14,16). The number of hydrogen-bond donors (Lipinski definition) is 1. The number of aromatic nitrogens is 2. The van der Waals surface area contributed by atoms with Gasteiger partial charge in [-0.05, 0) is 12.8 Å². The highest BCUT2D eigenvalue weighted by Crippen LogP contribution is 2.17. The van der Waals surface area contributed by atoms with Gasteiger partial charge < -0.3 is 9.88 Å². The first-order valence-corrected chi connectivity index (χ1v) is 6.05. The summed E-state index contributed by atoms with van der Waals surface area (Å²) in [7, 11) is 1.84. The van der Waals surface area contributed by atoms with Crippen molar-refractivity contribution in [3.63, 3.8) is 0 Å². The number of rotatable bonds is 2. The Labute approximate surface area is 96.1 Å². The Bertz CT molecular complexity index is 351. The molecule has 0 saturated heterocycles. The summed E-state index contributed by atoms with van der Waals surface area (Å²) in [6.07, 6.45) is 10.7. The Hall–Kier alpha value is -1.32. The van der Waals surface area contributed by atoms with Crippen LogP contribution in [0.25, 0.3) is 0 Å². The fraction of sp³-hybridized carbons (Fsp3) is 0.667. The van der Waals surface area contributed by atoms with Crippen LogP contribution in [0.5, 0.6) is 0 Å². The minimum atomic E-state index is -0.0422. The lowest BCUT2D eigenvalue weighted by Crippen LogP contribution is -2.35. The van der Waals surface area contributed by atoms with Crippen molar-refractivity contribution in [3.8, 4) is 0 Å². The monoisotopic (exact) mass is 221 g/mol. The molecule has 0 bridgehead atoms. The molecule has 0 unspecified atom stereocenters. The Morgan fingerprint density at radius 3 is 2.62 bits per heavy atom. The largest absolute Gasteiger partial charge is 0.347 e. The maximum absolute atomic E-state index is 11.9. The van der Waals surface area contributed by atoms with E-state index in [0.29, 0.717) is 11.9 Å². The third-order valence-corrected chi connectivity index (χ3v) is 3.21. The van der Waals surface area contributed by atoms with Gasteiger partial charge >= 0.3 is 0 Å². The Morgan fingerprint density at radius 2 is 2.06 bits per heavy atom. The van der Waals surface area contributed by atoms with Crippen LogP contribution in [0.3, 0.4) is 0 Å². The summed E-state index contributed by atoms with van der Waals surface area (Å²) in [5.74, 6) is 0.462. The van der Waals surface area contributed by atoms with Crippen molar-refractivity contribution in [2.45, 2.75) is 44.6 Å². The number of imidazole rings is 1. The molecule has 16 heavy (non-hydrogen) atoms. The van der Waals surface area contributed by atoms with Crippen LogP contribution < -0.4 is 5.32 Å². The summed E-state index contributed by atoms with van der Waals surface area (Å²) in [5.41, 5.74) is 0. The average Bonchev–Trinajstić information content (AvgIpc) is 2.53. The molecule has 1 fully saturated rings. The zero-order chi connectivity index (χ0) is 11.4. The molecular weight excluding hydrogens is 202 g/mol. The van der Waals surface area contributed by atoms with Gasteiger partial charge in [-0.3, -0.25) is 4.79 Å². The van der Waals surface area contributed by atoms with Crippen molar-refractivity contribution in [1.29, 1.82) is 0 Å². The topological polar surface area (TPSA) is 46.9 Å². The molecule has 0 atom stereocenters. The number of nitrogens with one attached hydrogen (secondary N) is 1. The molecule has 1 aliphatic carbocycles. The molecule has 0 spiro atoms. The summed E-state index contributed by atoms with van der Waals surface area (Å²) in [6, 6.07) is 0.340. The zero-order valence-corrected chi connectivity index (χ0v) is 9.78. The predicted octanol–water partition coefficient (Wildman–Crippen LogP) is 1.87. The van der Waals surface area contributed by atoms with E-state index < -0.39 is 0 Å². The minimum Gasteiger partial charge on any atom is -0.347 e. The fourth-order valence-corrected chi connectivity index (χ4v) is 2.26. The highest BCUT2D eigenvalue weighted by atomic mass is 16.2. The highest BCUT2D eigenvalue weighted by Gasteiger charge is 2.17. The zero-order valence-electron chi connectivity index (χ0n) is 9.78. The van der Waals surface area contributed by atoms with Gasteiger partial charge in [0.05, 0.1) is 0 Å². The van der Waals surface area contributed by atoms with Gasteiger partial charge in [-0.25, -0.2) is 4.98 Å². The summed E-state index contributed by atoms with van der Waals surface area (Å²) >= 11 is 0. The van der Waals surface area contributed by atoms with Crippen LogP contribution >= 0.6 is 0 Å². The second kappa shape index (κ2) is 5.14. The Morgan fingerprint density at radius 1 is 1.38 bits per heavy atom. The van der Waals surface area contributed by atoms with Crippen LogP contribution in [0, 0.1) is 0 Å². The van der Waals surface area contributed by atoms with Gasteiger partial charge in [-0.15, -0.1) is 0 Å². The molecule has 1 amide bonds. The lowest BCUT2D eigenvalue weighted by Gasteiger charge is -2.15. The molecule has 1 aromatic heterocycles. The molecule has 1 saturated carbocycles. The normalized spacial score (nSPS) is 18.1. The van der Waals surface area contributed by atoms with Gasteiger partial charge in [0.2, 0.25) is 0 Å². The minimum absolute atomic E-state index is 0.0422. The molecule has 88 valence electrons. The lowest BCUT2D eigenvalue weighted by atomic mass is 10.1. The van der Waals surface area contributed by atoms with E-state index in [9.17, 15) is 4.79 Å². The molecule has 1 N–H and O–H groups in total. The van der Waals surface area contributed by atoms with E-state index in [1.165, 1.54) is 25.7 Å². The number of nitrogens with zero attached hydrogens (tertiary/aromatic N) is 2. The molecule has 1 aromatic rings. The number of amides is 1. The van der Waals surface area contributed by atoms with E-state index in [-0.39, 0.29) is 5.91 Å². The smallest absolute Gasteiger partial charge is 0.287 e. The molecule has 2 rings (SSSR count). The van der Waals surface area contributed by atoms with Crippen molar-refractivity contribution in [2.75, 3.05) is 0 Å². The first-order valence-electron chi connectivity index (χ1n) is 6.05. The molecule has 1 aliphatic rings. The van der Waals surface area contributed by atoms with Gasteiger partial charge in [0.1, 0.15) is 0 Å². The predicted molar refractivity (Wildman–Crippen MR) is 62.2 cm³/mol. The maximum Gasteiger partial charge on any atom is 0.287 e. The highest BCUT2D eigenvalue weighted by molar-refractivity contribution is 5.90. The van der Waals surface area contributed by atoms with Crippen molar-refractivity contribution < 1.29 is 4.79 Å². The quantitative estimate of drug-likeness (QED) is 0.775. The van der Waals surface area contributed by atoms with Crippen molar-refractivity contribution in [2.24, 2.45) is 7.05 Å². The van der Waals surface area contributed by atoms with Gasteiger partial charge in [0, 0.05) is 25.5 Å². The molecular formula is C12H19N3O. The average molecular weight is 221 g/mol. The third-order valence-electron chi connectivity index (χ3n) is 3.21. The number of aryl methyl sites for hydroxylation is 1. The first kappa shape index (κ1) is 11.2. The van der Waals surface area contributed by atoms with Crippen LogP contribution in [-0.2, 0) is 7.05 Å². The van der Waals surface area contributed by atoms with Gasteiger partial charge in [0.15, 0.2) is 5.82 Å². The second-order valence-electron chi connectivity index (χ2n) is 4.52. The Balaban J connectivity index is 1.93. The Kier molecular flexibility index (Phi) is 3.59. The second-order valence-corrected chi connectivity index (χ2v) is 4.52. The van der Waals surface area contributed by atoms with Gasteiger partial charge in [0.25, 0.3) is 5.91 Å². The van der Waals surface area contributed by atoms with Crippen LogP contribution in [0.2, 0.25) is 0 Å². The number of carbonyl (C=O) groups excluding carboxylic acids is 1. The van der Waals surface area contributed by atoms with Crippen LogP contribution in [0.15, 0.2) is 12.4 Å². The molecule has 0 radical (unpaired) electrons. The van der Waals surface area contributed by atoms with Crippen molar-refractivity contribution in [3.05, 3.63) is 18.2 Å². The van der Waals surface area contributed by atoms with E-state index in [0.717, 1.165) is 12.8 Å². The summed E-state index contributed by atoms with van der Waals surface area (Å²) < 4.78 is 1.76. The summed E-state index contributed by atoms with van der Waals surface area (Å²) in [4.78, 5) is 16.0. The van der Waals surface area contributed by atoms with Gasteiger partial charge in [-0.1, -0.05) is 25.7 Å². The van der Waals surface area contributed by atoms with E-state index in [2.05, 4.69) is 10.3 Å². The number of carbonyl (C=O) groups is 1. The van der Waals surface area contributed by atoms with E-state index in [1.807, 2.05) is 7.05 Å². The van der Waals surface area contributed by atoms with Crippen LogP contribution in [0.4, 0.5) is 0 Å². The van der Waals surface area contributed by atoms with E-state index in [1.54, 1.807) is 17.0 Å². The molecule has 0 aromatic carbocycles. The van der Waals surface area contributed by atoms with Crippen LogP contribution in [0.1, 0.15) is 49.1 Å². The van der Waals surface area contributed by atoms with Crippen molar-refractivity contribution >= 4 is 5.91 Å². The summed E-state index contributed by atoms with van der Waals surface area (Å²) in [6.45, 7) is 0. The number of hydrogen-bond acceptors (Lipinski definition) is 2. The SMILES string of the molecule is Cn1ccnc1C(=O)NC1CCCCCC1. The van der Waals surface area contributed by atoms with E-state index >= 15 is 0 Å². The summed E-state index contributed by atoms with van der Waals surface area (Å²) in [5, 5.41) is 3.08. The molecule has 4 nitrogen and oxygen atoms in total. The van der Waals surface area contributed by atoms with Crippen molar-refractivity contribution in [1.82, 2.24) is 14.9 Å². The maximum atomic E-state index is 11.9. The van der Waals surface area contributed by atoms with Gasteiger partial charge in [-0.2, -0.15) is 0 Å². The third kappa shape index (κ3) is 2.62. The molecule has 0 aliphatic heterocycles. The lowest BCUT2D eigenvalue weighted by molar-refractivity contribution is 0.0919. The van der Waals surface area contributed by atoms with E-state index in [4.69, 9.17) is 0 Å².